The molecule has 1 aromatic carbocycles. The quantitative estimate of drug-likeness (QED) is 0.292. The monoisotopic (exact) mass is 361 g/mol. The molecule has 0 aliphatic carbocycles. The van der Waals surface area contributed by atoms with Gasteiger partial charge in [0.1, 0.15) is 0 Å². The predicted molar refractivity (Wildman–Crippen MR) is 78.6 cm³/mol. The van der Waals surface area contributed by atoms with Crippen LogP contribution in [0, 0.1) is 10.1 Å². The molecule has 2 rings (SSSR count). The smallest absolute Gasteiger partial charge is 0.292 e. The lowest BCUT2D eigenvalue weighted by molar-refractivity contribution is -0.525. The van der Waals surface area contributed by atoms with Crippen LogP contribution in [0.15, 0.2) is 24.3 Å². The summed E-state index contributed by atoms with van der Waals surface area (Å²) in [6.45, 7) is 1.88. The second-order valence-corrected chi connectivity index (χ2v) is 5.92. The molecule has 20 heavy (non-hydrogen) atoms. The van der Waals surface area contributed by atoms with Crippen molar-refractivity contribution in [2.45, 2.75) is 24.2 Å². The summed E-state index contributed by atoms with van der Waals surface area (Å²) >= 11 is 9.05. The summed E-state index contributed by atoms with van der Waals surface area (Å²) in [6.07, 6.45) is -1.19. The fourth-order valence-corrected chi connectivity index (χ4v) is 3.07. The zero-order valence-electron chi connectivity index (χ0n) is 10.6. The number of hydrogen-bond donors (Lipinski definition) is 1. The van der Waals surface area contributed by atoms with Crippen LogP contribution < -0.4 is 5.32 Å². The first-order chi connectivity index (χ1) is 9.40. The van der Waals surface area contributed by atoms with Crippen molar-refractivity contribution in [2.75, 3.05) is 6.54 Å². The summed E-state index contributed by atoms with van der Waals surface area (Å²) < 4.78 is 0. The minimum atomic E-state index is -0.928. The van der Waals surface area contributed by atoms with E-state index in [1.807, 2.05) is 0 Å². The van der Waals surface area contributed by atoms with Gasteiger partial charge in [0.2, 0.25) is 0 Å². The zero-order chi connectivity index (χ0) is 14.9. The summed E-state index contributed by atoms with van der Waals surface area (Å²) in [5.74, 6) is -0.108. The maximum absolute atomic E-state index is 12.2. The van der Waals surface area contributed by atoms with Gasteiger partial charge >= 0.3 is 0 Å². The van der Waals surface area contributed by atoms with Crippen molar-refractivity contribution in [3.63, 3.8) is 0 Å². The molecule has 1 aromatic rings. The van der Waals surface area contributed by atoms with Crippen molar-refractivity contribution >= 4 is 33.3 Å². The molecule has 0 unspecified atom stereocenters. The van der Waals surface area contributed by atoms with Gasteiger partial charge in [-0.15, -0.1) is 0 Å². The summed E-state index contributed by atoms with van der Waals surface area (Å²) in [5, 5.41) is 14.3. The summed E-state index contributed by atoms with van der Waals surface area (Å²) in [7, 11) is 0. The third-order valence-corrected chi connectivity index (χ3v) is 4.49. The SMILES string of the molecule is C[C@@H]1N[C@H]([N+](=O)[O-])[C@@H](Br)N1CC(=O)c1ccc(Cl)cc1. The molecule has 6 nitrogen and oxygen atoms in total. The average molecular weight is 363 g/mol. The average Bonchev–Trinajstić information content (AvgIpc) is 2.67. The Bertz CT molecular complexity index is 525. The van der Waals surface area contributed by atoms with Crippen molar-refractivity contribution in [1.82, 2.24) is 10.2 Å². The maximum atomic E-state index is 12.2. The van der Waals surface area contributed by atoms with E-state index in [2.05, 4.69) is 21.2 Å². The number of carbonyl (C=O) groups excluding carboxylic acids is 1. The van der Waals surface area contributed by atoms with Gasteiger partial charge in [0, 0.05) is 15.5 Å². The Morgan fingerprint density at radius 2 is 2.10 bits per heavy atom. The maximum Gasteiger partial charge on any atom is 0.292 e. The number of halogens is 2. The Morgan fingerprint density at radius 3 is 2.60 bits per heavy atom. The zero-order valence-corrected chi connectivity index (χ0v) is 13.0. The van der Waals surface area contributed by atoms with Crippen molar-refractivity contribution in [2.24, 2.45) is 0 Å². The number of ketones is 1. The van der Waals surface area contributed by atoms with E-state index in [0.717, 1.165) is 0 Å². The van der Waals surface area contributed by atoms with Gasteiger partial charge in [0.25, 0.3) is 6.17 Å². The highest BCUT2D eigenvalue weighted by molar-refractivity contribution is 9.09. The fraction of sp³-hybridized carbons (Fsp3) is 0.417. The number of nitrogens with one attached hydrogen (secondary N) is 1. The topological polar surface area (TPSA) is 75.5 Å². The summed E-state index contributed by atoms with van der Waals surface area (Å²) in [5.41, 5.74) is 0.533. The molecular weight excluding hydrogens is 350 g/mol. The van der Waals surface area contributed by atoms with Crippen molar-refractivity contribution < 1.29 is 9.72 Å². The van der Waals surface area contributed by atoms with Crippen LogP contribution in [0.4, 0.5) is 0 Å². The highest BCUT2D eigenvalue weighted by atomic mass is 79.9. The van der Waals surface area contributed by atoms with Crippen LogP contribution in [0.1, 0.15) is 17.3 Å². The van der Waals surface area contributed by atoms with E-state index in [0.29, 0.717) is 10.6 Å². The summed E-state index contributed by atoms with van der Waals surface area (Å²) in [4.78, 5) is 23.8. The molecule has 1 saturated heterocycles. The van der Waals surface area contributed by atoms with Gasteiger partial charge in [0.15, 0.2) is 10.7 Å². The number of hydrogen-bond acceptors (Lipinski definition) is 5. The van der Waals surface area contributed by atoms with Crippen molar-refractivity contribution in [3.05, 3.63) is 45.0 Å². The molecule has 8 heteroatoms. The highest BCUT2D eigenvalue weighted by Gasteiger charge is 2.44. The second-order valence-electron chi connectivity index (χ2n) is 4.55. The molecule has 1 aliphatic heterocycles. The highest BCUT2D eigenvalue weighted by Crippen LogP contribution is 2.23. The largest absolute Gasteiger partial charge is 0.293 e. The molecule has 1 aliphatic rings. The Balaban J connectivity index is 2.07. The fourth-order valence-electron chi connectivity index (χ4n) is 2.10. The van der Waals surface area contributed by atoms with Crippen LogP contribution in [0.2, 0.25) is 5.02 Å². The molecule has 0 bridgehead atoms. The molecule has 1 heterocycles. The van der Waals surface area contributed by atoms with Gasteiger partial charge in [0.05, 0.1) is 12.7 Å². The third-order valence-electron chi connectivity index (χ3n) is 3.21. The first-order valence-electron chi connectivity index (χ1n) is 5.98. The predicted octanol–water partition coefficient (Wildman–Crippen LogP) is 2.10. The lowest BCUT2D eigenvalue weighted by atomic mass is 10.1. The van der Waals surface area contributed by atoms with E-state index >= 15 is 0 Å². The lowest BCUT2D eigenvalue weighted by Crippen LogP contribution is -2.39. The molecule has 0 amide bonds. The van der Waals surface area contributed by atoms with Gasteiger partial charge in [-0.1, -0.05) is 27.5 Å². The first kappa shape index (κ1) is 15.4. The normalized spacial score (nSPS) is 26.6. The number of carbonyl (C=O) groups is 1. The molecule has 1 fully saturated rings. The second kappa shape index (κ2) is 6.17. The number of rotatable bonds is 4. The minimum absolute atomic E-state index is 0.0933. The van der Waals surface area contributed by atoms with Crippen LogP contribution in [0.5, 0.6) is 0 Å². The third kappa shape index (κ3) is 3.17. The van der Waals surface area contributed by atoms with Crippen molar-refractivity contribution in [3.8, 4) is 0 Å². The molecule has 108 valence electrons. The minimum Gasteiger partial charge on any atom is -0.293 e. The molecule has 1 N–H and O–H groups in total. The number of nitrogens with zero attached hydrogens (tertiary/aromatic N) is 2. The molecule has 0 radical (unpaired) electrons. The van der Waals surface area contributed by atoms with Crippen LogP contribution in [0.3, 0.4) is 0 Å². The Hall–Kier alpha value is -1.02. The first-order valence-corrected chi connectivity index (χ1v) is 7.27. The number of benzene rings is 1. The van der Waals surface area contributed by atoms with Crippen LogP contribution in [-0.4, -0.2) is 39.4 Å². The summed E-state index contributed by atoms with van der Waals surface area (Å²) in [6, 6.07) is 6.58. The molecule has 0 spiro atoms. The molecular formula is C12H13BrClN3O3. The molecule has 3 atom stereocenters. The number of alkyl halides is 1. The molecule has 0 aromatic heterocycles. The standard InChI is InChI=1S/C12H13BrClN3O3/c1-7-15-12(17(19)20)11(13)16(7)6-10(18)8-2-4-9(14)5-3-8/h2-5,7,11-12,15H,6H2,1H3/t7-,11+,12-/m1/s1. The number of Topliss-reactive ketones (excluding diaryl/α,β-unsaturated/α-hetero) is 1. The van der Waals surface area contributed by atoms with Crippen LogP contribution in [-0.2, 0) is 0 Å². The van der Waals surface area contributed by atoms with Crippen molar-refractivity contribution in [1.29, 1.82) is 0 Å². The van der Waals surface area contributed by atoms with Gasteiger partial charge in [-0.3, -0.25) is 19.8 Å². The Labute approximate surface area is 129 Å². The molecule has 0 saturated carbocycles. The number of nitro groups is 1. The van der Waals surface area contributed by atoms with E-state index in [1.165, 1.54) is 0 Å². The van der Waals surface area contributed by atoms with Gasteiger partial charge in [-0.2, -0.15) is 0 Å². The van der Waals surface area contributed by atoms with Gasteiger partial charge in [-0.05, 0) is 31.2 Å². The van der Waals surface area contributed by atoms with Crippen LogP contribution in [0.25, 0.3) is 0 Å². The lowest BCUT2D eigenvalue weighted by Gasteiger charge is -2.21. The van der Waals surface area contributed by atoms with Crippen LogP contribution >= 0.6 is 27.5 Å². The van der Waals surface area contributed by atoms with E-state index < -0.39 is 16.0 Å². The van der Waals surface area contributed by atoms with Gasteiger partial charge < -0.3 is 0 Å². The van der Waals surface area contributed by atoms with E-state index in [-0.39, 0.29) is 18.5 Å². The Kier molecular flexibility index (Phi) is 4.74. The Morgan fingerprint density at radius 1 is 1.50 bits per heavy atom. The van der Waals surface area contributed by atoms with E-state index in [1.54, 1.807) is 36.1 Å². The van der Waals surface area contributed by atoms with E-state index in [9.17, 15) is 14.9 Å². The van der Waals surface area contributed by atoms with Gasteiger partial charge in [-0.25, -0.2) is 5.32 Å². The van der Waals surface area contributed by atoms with E-state index in [4.69, 9.17) is 11.6 Å².